The number of nitrogens with one attached hydrogen (secondary N) is 1. The lowest BCUT2D eigenvalue weighted by Crippen LogP contribution is -2.50. The zero-order chi connectivity index (χ0) is 13.2. The van der Waals surface area contributed by atoms with Gasteiger partial charge in [0.25, 0.3) is 0 Å². The summed E-state index contributed by atoms with van der Waals surface area (Å²) < 4.78 is 0. The summed E-state index contributed by atoms with van der Waals surface area (Å²) in [7, 11) is 0. The van der Waals surface area contributed by atoms with Gasteiger partial charge in [0.2, 0.25) is 0 Å². The van der Waals surface area contributed by atoms with E-state index in [1.54, 1.807) is 0 Å². The minimum atomic E-state index is -0.0495. The third kappa shape index (κ3) is 2.22. The highest BCUT2D eigenvalue weighted by atomic mass is 16.2. The number of anilines is 1. The molecule has 1 aromatic rings. The first kappa shape index (κ1) is 12.9. The van der Waals surface area contributed by atoms with Crippen LogP contribution in [0.4, 0.5) is 10.5 Å². The fourth-order valence-electron chi connectivity index (χ4n) is 2.52. The Bertz CT molecular complexity index is 438. The second-order valence-corrected chi connectivity index (χ2v) is 5.19. The lowest BCUT2D eigenvalue weighted by atomic mass is 9.93. The van der Waals surface area contributed by atoms with Crippen molar-refractivity contribution in [2.45, 2.75) is 45.6 Å². The second kappa shape index (κ2) is 5.01. The van der Waals surface area contributed by atoms with E-state index in [4.69, 9.17) is 0 Å². The van der Waals surface area contributed by atoms with Gasteiger partial charge in [-0.05, 0) is 37.8 Å². The van der Waals surface area contributed by atoms with Crippen molar-refractivity contribution in [3.63, 3.8) is 0 Å². The van der Waals surface area contributed by atoms with Crippen LogP contribution in [0.5, 0.6) is 0 Å². The Kier molecular flexibility index (Phi) is 3.60. The SMILES string of the molecule is CCC(C)(CC)N1CCc2ccccc2NC1=O. The molecule has 0 saturated heterocycles. The number of urea groups is 1. The van der Waals surface area contributed by atoms with Crippen LogP contribution in [-0.4, -0.2) is 23.0 Å². The molecule has 0 unspecified atom stereocenters. The van der Waals surface area contributed by atoms with Gasteiger partial charge in [-0.1, -0.05) is 32.0 Å². The van der Waals surface area contributed by atoms with Crippen LogP contribution < -0.4 is 5.32 Å². The minimum absolute atomic E-state index is 0.0335. The summed E-state index contributed by atoms with van der Waals surface area (Å²) in [6, 6.07) is 8.10. The van der Waals surface area contributed by atoms with Crippen LogP contribution in [0.15, 0.2) is 24.3 Å². The zero-order valence-electron chi connectivity index (χ0n) is 11.5. The maximum Gasteiger partial charge on any atom is 0.322 e. The fourth-order valence-corrected chi connectivity index (χ4v) is 2.52. The third-order valence-corrected chi connectivity index (χ3v) is 4.28. The molecule has 0 aliphatic carbocycles. The molecule has 1 aliphatic rings. The van der Waals surface area contributed by atoms with Gasteiger partial charge in [-0.3, -0.25) is 0 Å². The zero-order valence-corrected chi connectivity index (χ0v) is 11.5. The molecule has 0 atom stereocenters. The molecule has 2 amide bonds. The van der Waals surface area contributed by atoms with E-state index in [0.717, 1.165) is 31.5 Å². The van der Waals surface area contributed by atoms with E-state index in [1.807, 2.05) is 23.1 Å². The van der Waals surface area contributed by atoms with Crippen molar-refractivity contribution in [2.24, 2.45) is 0 Å². The lowest BCUT2D eigenvalue weighted by Gasteiger charge is -2.39. The van der Waals surface area contributed by atoms with Crippen molar-refractivity contribution in [3.8, 4) is 0 Å². The first-order valence-electron chi connectivity index (χ1n) is 6.77. The summed E-state index contributed by atoms with van der Waals surface area (Å²) in [5.74, 6) is 0. The van der Waals surface area contributed by atoms with Crippen molar-refractivity contribution in [2.75, 3.05) is 11.9 Å². The molecule has 0 spiro atoms. The molecule has 3 nitrogen and oxygen atoms in total. The maximum absolute atomic E-state index is 12.4. The number of hydrogen-bond donors (Lipinski definition) is 1. The van der Waals surface area contributed by atoms with Gasteiger partial charge in [0.1, 0.15) is 0 Å². The molecule has 1 heterocycles. The first-order chi connectivity index (χ1) is 8.60. The largest absolute Gasteiger partial charge is 0.322 e. The van der Waals surface area contributed by atoms with Gasteiger partial charge in [-0.15, -0.1) is 0 Å². The molecule has 0 bridgehead atoms. The van der Waals surface area contributed by atoms with Gasteiger partial charge in [0.15, 0.2) is 0 Å². The number of hydrogen-bond acceptors (Lipinski definition) is 1. The molecule has 18 heavy (non-hydrogen) atoms. The number of carbonyl (C=O) groups is 1. The number of amides is 2. The van der Waals surface area contributed by atoms with Crippen molar-refractivity contribution in [1.29, 1.82) is 0 Å². The number of fused-ring (bicyclic) bond motifs is 1. The summed E-state index contributed by atoms with van der Waals surface area (Å²) in [5, 5.41) is 3.03. The average molecular weight is 246 g/mol. The van der Waals surface area contributed by atoms with E-state index in [0.29, 0.717) is 0 Å². The van der Waals surface area contributed by atoms with Crippen LogP contribution in [0.3, 0.4) is 0 Å². The smallest absolute Gasteiger partial charge is 0.319 e. The summed E-state index contributed by atoms with van der Waals surface area (Å²) >= 11 is 0. The molecule has 1 N–H and O–H groups in total. The molecule has 1 aliphatic heterocycles. The van der Waals surface area contributed by atoms with E-state index in [9.17, 15) is 4.79 Å². The van der Waals surface area contributed by atoms with Crippen LogP contribution in [-0.2, 0) is 6.42 Å². The van der Waals surface area contributed by atoms with Gasteiger partial charge in [0.05, 0.1) is 0 Å². The first-order valence-corrected chi connectivity index (χ1v) is 6.77. The Hall–Kier alpha value is -1.51. The Balaban J connectivity index is 2.27. The summed E-state index contributed by atoms with van der Waals surface area (Å²) in [5.41, 5.74) is 2.13. The monoisotopic (exact) mass is 246 g/mol. The van der Waals surface area contributed by atoms with Crippen LogP contribution in [0.2, 0.25) is 0 Å². The Labute approximate surface area is 109 Å². The summed E-state index contributed by atoms with van der Waals surface area (Å²) in [4.78, 5) is 14.3. The topological polar surface area (TPSA) is 32.3 Å². The quantitative estimate of drug-likeness (QED) is 0.867. The standard InChI is InChI=1S/C15H22N2O/c1-4-15(3,5-2)17-11-10-12-8-6-7-9-13(12)16-14(17)18/h6-9H,4-5,10-11H2,1-3H3,(H,16,18). The maximum atomic E-state index is 12.4. The van der Waals surface area contributed by atoms with Crippen LogP contribution >= 0.6 is 0 Å². The molecule has 1 aromatic carbocycles. The highest BCUT2D eigenvalue weighted by Crippen LogP contribution is 2.28. The molecule has 0 radical (unpaired) electrons. The molecule has 0 aromatic heterocycles. The third-order valence-electron chi connectivity index (χ3n) is 4.28. The lowest BCUT2D eigenvalue weighted by molar-refractivity contribution is 0.128. The van der Waals surface area contributed by atoms with Gasteiger partial charge in [-0.2, -0.15) is 0 Å². The minimum Gasteiger partial charge on any atom is -0.319 e. The Morgan fingerprint density at radius 1 is 1.28 bits per heavy atom. The van der Waals surface area contributed by atoms with Gasteiger partial charge < -0.3 is 10.2 Å². The number of nitrogens with zero attached hydrogens (tertiary/aromatic N) is 1. The van der Waals surface area contributed by atoms with Crippen LogP contribution in [0.25, 0.3) is 0 Å². The van der Waals surface area contributed by atoms with Gasteiger partial charge in [-0.25, -0.2) is 4.79 Å². The van der Waals surface area contributed by atoms with Gasteiger partial charge >= 0.3 is 6.03 Å². The van der Waals surface area contributed by atoms with E-state index in [1.165, 1.54) is 5.56 Å². The number of carbonyl (C=O) groups excluding carboxylic acids is 1. The molecule has 0 fully saturated rings. The molecule has 98 valence electrons. The summed E-state index contributed by atoms with van der Waals surface area (Å²) in [6.45, 7) is 7.26. The average Bonchev–Trinajstić information content (AvgIpc) is 2.56. The van der Waals surface area contributed by atoms with Crippen LogP contribution in [0.1, 0.15) is 39.2 Å². The van der Waals surface area contributed by atoms with Crippen molar-refractivity contribution in [1.82, 2.24) is 4.90 Å². The van der Waals surface area contributed by atoms with E-state index >= 15 is 0 Å². The highest BCUT2D eigenvalue weighted by molar-refractivity contribution is 5.91. The predicted octanol–water partition coefficient (Wildman–Crippen LogP) is 3.66. The Morgan fingerprint density at radius 3 is 2.61 bits per heavy atom. The number of para-hydroxylation sites is 1. The molecular formula is C15H22N2O. The van der Waals surface area contributed by atoms with Crippen molar-refractivity contribution < 1.29 is 4.79 Å². The number of benzene rings is 1. The highest BCUT2D eigenvalue weighted by Gasteiger charge is 2.33. The summed E-state index contributed by atoms with van der Waals surface area (Å²) in [6.07, 6.45) is 2.88. The van der Waals surface area contributed by atoms with E-state index in [2.05, 4.69) is 32.2 Å². The van der Waals surface area contributed by atoms with Gasteiger partial charge in [0, 0.05) is 17.8 Å². The molecular weight excluding hydrogens is 224 g/mol. The Morgan fingerprint density at radius 2 is 1.94 bits per heavy atom. The molecule has 2 rings (SSSR count). The molecule has 3 heteroatoms. The normalized spacial score (nSPS) is 15.9. The van der Waals surface area contributed by atoms with Crippen molar-refractivity contribution >= 4 is 11.7 Å². The van der Waals surface area contributed by atoms with E-state index < -0.39 is 0 Å². The number of rotatable bonds is 3. The second-order valence-electron chi connectivity index (χ2n) is 5.19. The predicted molar refractivity (Wildman–Crippen MR) is 74.9 cm³/mol. The van der Waals surface area contributed by atoms with Crippen LogP contribution in [0, 0.1) is 0 Å². The molecule has 0 saturated carbocycles. The van der Waals surface area contributed by atoms with E-state index in [-0.39, 0.29) is 11.6 Å². The van der Waals surface area contributed by atoms with Crippen molar-refractivity contribution in [3.05, 3.63) is 29.8 Å². The fraction of sp³-hybridized carbons (Fsp3) is 0.533.